The number of ether oxygens (including phenoxy) is 2. The number of nitrogens with zero attached hydrogens (tertiary/aromatic N) is 2. The number of amides is 2. The van der Waals surface area contributed by atoms with E-state index in [1.807, 2.05) is 4.72 Å². The third-order valence-electron chi connectivity index (χ3n) is 9.19. The maximum absolute atomic E-state index is 15.3. The van der Waals surface area contributed by atoms with Crippen LogP contribution in [0, 0.1) is 31.4 Å². The van der Waals surface area contributed by atoms with Crippen molar-refractivity contribution >= 4 is 39.2 Å². The highest BCUT2D eigenvalue weighted by Gasteiger charge is 2.28. The summed E-state index contributed by atoms with van der Waals surface area (Å²) in [6, 6.07) is 10.8. The molecule has 1 fully saturated rings. The maximum Gasteiger partial charge on any atom is 0.335 e. The van der Waals surface area contributed by atoms with Crippen LogP contribution in [-0.4, -0.2) is 60.7 Å². The van der Waals surface area contributed by atoms with E-state index in [2.05, 4.69) is 10.6 Å². The van der Waals surface area contributed by atoms with Crippen LogP contribution in [0.3, 0.4) is 0 Å². The van der Waals surface area contributed by atoms with Gasteiger partial charge in [0.2, 0.25) is 5.91 Å². The van der Waals surface area contributed by atoms with Crippen LogP contribution >= 0.6 is 0 Å². The highest BCUT2D eigenvalue weighted by Crippen LogP contribution is 2.25. The van der Waals surface area contributed by atoms with Crippen molar-refractivity contribution in [2.24, 2.45) is 13.0 Å². The molecule has 14 nitrogen and oxygen atoms in total. The average molecular weight is 782 g/mol. The van der Waals surface area contributed by atoms with E-state index in [4.69, 9.17) is 9.47 Å². The summed E-state index contributed by atoms with van der Waals surface area (Å²) in [4.78, 5) is 64.3. The number of hydrogen-bond acceptors (Lipinski definition) is 9. The van der Waals surface area contributed by atoms with E-state index in [0.29, 0.717) is 60.7 Å². The van der Waals surface area contributed by atoms with Gasteiger partial charge in [-0.2, -0.15) is 0 Å². The molecule has 4 aromatic rings. The van der Waals surface area contributed by atoms with Crippen LogP contribution in [0.1, 0.15) is 53.9 Å². The summed E-state index contributed by atoms with van der Waals surface area (Å²) in [6.07, 6.45) is 0.374. The summed E-state index contributed by atoms with van der Waals surface area (Å²) < 4.78 is 71.6. The van der Waals surface area contributed by atoms with E-state index in [1.54, 1.807) is 34.7 Å². The van der Waals surface area contributed by atoms with Crippen molar-refractivity contribution in [1.82, 2.24) is 14.5 Å². The normalized spacial score (nSPS) is 14.0. The minimum Gasteiger partial charge on any atom is -0.461 e. The molecule has 0 aliphatic carbocycles. The number of aromatic nitrogens is 2. The van der Waals surface area contributed by atoms with Gasteiger partial charge in [-0.3, -0.25) is 19.1 Å². The molecule has 292 valence electrons. The summed E-state index contributed by atoms with van der Waals surface area (Å²) in [5, 5.41) is 5.09. The summed E-state index contributed by atoms with van der Waals surface area (Å²) >= 11 is 0. The number of esters is 1. The Kier molecular flexibility index (Phi) is 12.4. The maximum atomic E-state index is 15.3. The molecule has 0 spiro atoms. The minimum absolute atomic E-state index is 0.169. The van der Waals surface area contributed by atoms with E-state index in [-0.39, 0.29) is 28.8 Å². The quantitative estimate of drug-likeness (QED) is 0.180. The van der Waals surface area contributed by atoms with Gasteiger partial charge >= 0.3 is 11.7 Å². The fraction of sp³-hybridized carbons (Fsp3) is 0.342. The Bertz CT molecular complexity index is 2300. The minimum atomic E-state index is -4.44. The molecule has 3 N–H and O–H groups in total. The van der Waals surface area contributed by atoms with Gasteiger partial charge in [0.15, 0.2) is 0 Å². The van der Waals surface area contributed by atoms with Gasteiger partial charge in [-0.05, 0) is 88.6 Å². The number of benzene rings is 3. The Morgan fingerprint density at radius 1 is 0.945 bits per heavy atom. The third kappa shape index (κ3) is 9.35. The van der Waals surface area contributed by atoms with E-state index in [0.717, 1.165) is 4.57 Å². The Morgan fingerprint density at radius 2 is 1.58 bits per heavy atom. The van der Waals surface area contributed by atoms with Crippen LogP contribution < -0.4 is 26.6 Å². The number of anilines is 2. The smallest absolute Gasteiger partial charge is 0.335 e. The molecule has 55 heavy (non-hydrogen) atoms. The predicted molar refractivity (Wildman–Crippen MR) is 199 cm³/mol. The van der Waals surface area contributed by atoms with E-state index in [1.165, 1.54) is 53.1 Å². The second kappa shape index (κ2) is 16.8. The monoisotopic (exact) mass is 781 g/mol. The molecular weight excluding hydrogens is 741 g/mol. The van der Waals surface area contributed by atoms with Crippen LogP contribution in [0.25, 0.3) is 5.69 Å². The Morgan fingerprint density at radius 3 is 2.20 bits per heavy atom. The number of nitrogens with one attached hydrogen (secondary N) is 3. The third-order valence-corrected chi connectivity index (χ3v) is 10.6. The van der Waals surface area contributed by atoms with Crippen LogP contribution in [0.15, 0.2) is 75.1 Å². The Hall–Kier alpha value is -5.68. The zero-order chi connectivity index (χ0) is 40.2. The molecule has 0 bridgehead atoms. The van der Waals surface area contributed by atoms with E-state index >= 15 is 8.78 Å². The SMILES string of the molecule is Cc1c(C)n(C)c(=O)n(-c2ccc(C[C@H](NC(=O)c3cc(F)c(NS(=O)(=O)c4ccc(NC(=O)C5CCOCC5)cc4)cc3F)C(=O)OC(C)C)cc2)c1=O. The molecule has 3 aromatic carbocycles. The lowest BCUT2D eigenvalue weighted by atomic mass is 9.99. The molecule has 2 amide bonds. The zero-order valence-corrected chi connectivity index (χ0v) is 31.6. The van der Waals surface area contributed by atoms with Crippen molar-refractivity contribution in [2.75, 3.05) is 23.3 Å². The molecule has 1 aliphatic heterocycles. The molecule has 0 radical (unpaired) electrons. The van der Waals surface area contributed by atoms with Crippen molar-refractivity contribution in [3.05, 3.63) is 116 Å². The van der Waals surface area contributed by atoms with Gasteiger partial charge in [-0.15, -0.1) is 0 Å². The Balaban J connectivity index is 1.30. The van der Waals surface area contributed by atoms with Gasteiger partial charge in [0, 0.05) is 55.6 Å². The lowest BCUT2D eigenvalue weighted by Crippen LogP contribution is -2.44. The molecule has 17 heteroatoms. The lowest BCUT2D eigenvalue weighted by molar-refractivity contribution is -0.149. The number of rotatable bonds is 12. The van der Waals surface area contributed by atoms with Crippen molar-refractivity contribution in [1.29, 1.82) is 0 Å². The van der Waals surface area contributed by atoms with Gasteiger partial charge in [0.25, 0.3) is 21.5 Å². The average Bonchev–Trinajstić information content (AvgIpc) is 3.15. The van der Waals surface area contributed by atoms with Crippen LogP contribution in [0.4, 0.5) is 20.2 Å². The summed E-state index contributed by atoms with van der Waals surface area (Å²) in [5.41, 5.74) is -0.649. The molecule has 1 aromatic heterocycles. The van der Waals surface area contributed by atoms with Gasteiger partial charge < -0.3 is 24.7 Å². The summed E-state index contributed by atoms with van der Waals surface area (Å²) in [5.74, 6) is -5.08. The van der Waals surface area contributed by atoms with Crippen molar-refractivity contribution < 1.29 is 41.1 Å². The van der Waals surface area contributed by atoms with Crippen LogP contribution in [0.5, 0.6) is 0 Å². The molecule has 0 saturated carbocycles. The first-order valence-corrected chi connectivity index (χ1v) is 18.9. The van der Waals surface area contributed by atoms with Crippen molar-refractivity contribution in [2.45, 2.75) is 64.0 Å². The molecule has 1 saturated heterocycles. The summed E-state index contributed by atoms with van der Waals surface area (Å²) in [7, 11) is -2.90. The van der Waals surface area contributed by atoms with Crippen LogP contribution in [-0.2, 0) is 42.6 Å². The molecular formula is C38H41F2N5O9S. The zero-order valence-electron chi connectivity index (χ0n) is 30.8. The second-order valence-corrected chi connectivity index (χ2v) is 15.1. The highest BCUT2D eigenvalue weighted by atomic mass is 32.2. The van der Waals surface area contributed by atoms with Gasteiger partial charge in [-0.1, -0.05) is 12.1 Å². The standard InChI is InChI=1S/C38H41F2N5O9S/c1-21(2)54-37(49)33(18-24-6-10-27(11-7-24)45-36(48)22(3)23(4)44(5)38(45)50)42-35(47)29-19-31(40)32(20-30(29)39)43-55(51,52)28-12-8-26(9-13-28)41-34(46)25-14-16-53-17-15-25/h6-13,19-21,25,33,43H,14-18H2,1-5H3,(H,41,46)(H,42,47)/t33-/m0/s1. The second-order valence-electron chi connectivity index (χ2n) is 13.4. The van der Waals surface area contributed by atoms with Gasteiger partial charge in [-0.25, -0.2) is 31.4 Å². The molecule has 1 aliphatic rings. The number of carbonyl (C=O) groups excluding carboxylic acids is 3. The highest BCUT2D eigenvalue weighted by molar-refractivity contribution is 7.92. The van der Waals surface area contributed by atoms with Gasteiger partial charge in [0.1, 0.15) is 17.7 Å². The molecule has 0 unspecified atom stereocenters. The number of carbonyl (C=O) groups is 3. The fourth-order valence-electron chi connectivity index (χ4n) is 5.87. The number of sulfonamides is 1. The molecule has 5 rings (SSSR count). The van der Waals surface area contributed by atoms with E-state index < -0.39 is 68.2 Å². The largest absolute Gasteiger partial charge is 0.461 e. The lowest BCUT2D eigenvalue weighted by Gasteiger charge is -2.21. The Labute approximate surface area is 315 Å². The number of hydrogen-bond donors (Lipinski definition) is 3. The molecule has 1 atom stereocenters. The predicted octanol–water partition coefficient (Wildman–Crippen LogP) is 3.89. The fourth-order valence-corrected chi connectivity index (χ4v) is 6.93. The van der Waals surface area contributed by atoms with Crippen LogP contribution in [0.2, 0.25) is 0 Å². The first kappa shape index (κ1) is 40.5. The van der Waals surface area contributed by atoms with E-state index in [9.17, 15) is 32.4 Å². The summed E-state index contributed by atoms with van der Waals surface area (Å²) in [6.45, 7) is 7.38. The van der Waals surface area contributed by atoms with Gasteiger partial charge in [0.05, 0.1) is 27.9 Å². The topological polar surface area (TPSA) is 184 Å². The first-order chi connectivity index (χ1) is 26.0. The molecule has 2 heterocycles. The van der Waals surface area contributed by atoms with Crippen molar-refractivity contribution in [3.63, 3.8) is 0 Å². The first-order valence-electron chi connectivity index (χ1n) is 17.4. The van der Waals surface area contributed by atoms with Crippen molar-refractivity contribution in [3.8, 4) is 5.69 Å². The number of halogens is 2.